The van der Waals surface area contributed by atoms with Gasteiger partial charge in [0.1, 0.15) is 5.69 Å². The van der Waals surface area contributed by atoms with Crippen LogP contribution in [0.4, 0.5) is 0 Å². The van der Waals surface area contributed by atoms with Crippen molar-refractivity contribution < 1.29 is 14.7 Å². The molecule has 1 amide bonds. The van der Waals surface area contributed by atoms with Crippen LogP contribution in [0.2, 0.25) is 0 Å². The third-order valence-electron chi connectivity index (χ3n) is 2.30. The van der Waals surface area contributed by atoms with E-state index in [0.717, 1.165) is 9.35 Å². The smallest absolute Gasteiger partial charge is 0.338 e. The van der Waals surface area contributed by atoms with Gasteiger partial charge in [-0.25, -0.2) is 4.79 Å². The maximum atomic E-state index is 11.9. The maximum absolute atomic E-state index is 11.9. The van der Waals surface area contributed by atoms with E-state index in [1.54, 1.807) is 0 Å². The topological polar surface area (TPSA) is 79.3 Å². The van der Waals surface area contributed by atoms with Crippen LogP contribution in [0.15, 0.2) is 34.2 Å². The summed E-state index contributed by atoms with van der Waals surface area (Å²) in [6, 6.07) is 4.73. The molecule has 0 unspecified atom stereocenters. The number of carboxylic acids is 1. The molecule has 98 valence electrons. The number of aromatic carboxylic acids is 1. The van der Waals surface area contributed by atoms with E-state index < -0.39 is 11.9 Å². The van der Waals surface area contributed by atoms with E-state index in [4.69, 9.17) is 5.11 Å². The van der Waals surface area contributed by atoms with Crippen LogP contribution in [0.3, 0.4) is 0 Å². The molecular weight excluding hydrogens is 332 g/mol. The normalized spacial score (nSPS) is 10.2. The molecule has 0 aromatic carbocycles. The number of amides is 1. The number of nitrogens with zero attached hydrogens (tertiary/aromatic N) is 1. The molecular formula is C12H9BrN2O3S. The van der Waals surface area contributed by atoms with Crippen molar-refractivity contribution >= 4 is 39.1 Å². The van der Waals surface area contributed by atoms with Gasteiger partial charge >= 0.3 is 5.97 Å². The lowest BCUT2D eigenvalue weighted by atomic mass is 10.2. The molecule has 2 aromatic rings. The van der Waals surface area contributed by atoms with Crippen LogP contribution in [-0.4, -0.2) is 22.0 Å². The van der Waals surface area contributed by atoms with Gasteiger partial charge < -0.3 is 10.4 Å². The van der Waals surface area contributed by atoms with E-state index in [2.05, 4.69) is 26.2 Å². The van der Waals surface area contributed by atoms with E-state index >= 15 is 0 Å². The van der Waals surface area contributed by atoms with Crippen molar-refractivity contribution in [1.29, 1.82) is 0 Å². The highest BCUT2D eigenvalue weighted by atomic mass is 79.9. The number of carboxylic acid groups (broad SMARTS) is 1. The standard InChI is InChI=1S/C12H9BrN2O3S/c13-7-4-8(19-6-7)5-15-11(16)10-9(12(17)18)2-1-3-14-10/h1-4,6H,5H2,(H,15,16)(H,17,18). The Balaban J connectivity index is 2.10. The van der Waals surface area contributed by atoms with Crippen molar-refractivity contribution in [2.24, 2.45) is 0 Å². The summed E-state index contributed by atoms with van der Waals surface area (Å²) in [5, 5.41) is 13.5. The summed E-state index contributed by atoms with van der Waals surface area (Å²) in [7, 11) is 0. The number of hydrogen-bond acceptors (Lipinski definition) is 4. The second kappa shape index (κ2) is 5.94. The van der Waals surface area contributed by atoms with Crippen LogP contribution in [-0.2, 0) is 6.54 Å². The summed E-state index contributed by atoms with van der Waals surface area (Å²) in [6.45, 7) is 0.338. The van der Waals surface area contributed by atoms with Crippen molar-refractivity contribution in [3.8, 4) is 0 Å². The third kappa shape index (κ3) is 3.39. The first kappa shape index (κ1) is 13.7. The lowest BCUT2D eigenvalue weighted by Gasteiger charge is -2.05. The minimum atomic E-state index is -1.17. The molecule has 0 radical (unpaired) electrons. The number of carbonyl (C=O) groups excluding carboxylic acids is 1. The Labute approximate surface area is 121 Å². The predicted octanol–water partition coefficient (Wildman–Crippen LogP) is 2.53. The minimum absolute atomic E-state index is 0.0781. The molecule has 0 fully saturated rings. The molecule has 7 heteroatoms. The van der Waals surface area contributed by atoms with Crippen LogP contribution in [0.5, 0.6) is 0 Å². The second-order valence-electron chi connectivity index (χ2n) is 3.62. The van der Waals surface area contributed by atoms with E-state index in [0.29, 0.717) is 6.54 Å². The molecule has 2 N–H and O–H groups in total. The lowest BCUT2D eigenvalue weighted by Crippen LogP contribution is -2.25. The molecule has 2 rings (SSSR count). The van der Waals surface area contributed by atoms with E-state index in [1.165, 1.54) is 29.7 Å². The van der Waals surface area contributed by atoms with Crippen LogP contribution in [0.25, 0.3) is 0 Å². The monoisotopic (exact) mass is 340 g/mol. The maximum Gasteiger partial charge on any atom is 0.338 e. The zero-order valence-electron chi connectivity index (χ0n) is 9.59. The van der Waals surface area contributed by atoms with Gasteiger partial charge in [-0.1, -0.05) is 0 Å². The van der Waals surface area contributed by atoms with Crippen molar-refractivity contribution in [3.63, 3.8) is 0 Å². The van der Waals surface area contributed by atoms with Gasteiger partial charge in [-0.15, -0.1) is 11.3 Å². The summed E-state index contributed by atoms with van der Waals surface area (Å²) < 4.78 is 0.950. The highest BCUT2D eigenvalue weighted by Gasteiger charge is 2.17. The summed E-state index contributed by atoms with van der Waals surface area (Å²) in [6.07, 6.45) is 1.39. The summed E-state index contributed by atoms with van der Waals surface area (Å²) >= 11 is 4.82. The Morgan fingerprint density at radius 2 is 2.26 bits per heavy atom. The number of rotatable bonds is 4. The SMILES string of the molecule is O=C(O)c1cccnc1C(=O)NCc1cc(Br)cs1. The van der Waals surface area contributed by atoms with Crippen LogP contribution >= 0.6 is 27.3 Å². The molecule has 0 saturated heterocycles. The van der Waals surface area contributed by atoms with Gasteiger partial charge in [-0.05, 0) is 34.1 Å². The molecule has 0 atom stereocenters. The van der Waals surface area contributed by atoms with E-state index in [9.17, 15) is 9.59 Å². The van der Waals surface area contributed by atoms with E-state index in [-0.39, 0.29) is 11.3 Å². The quantitative estimate of drug-likeness (QED) is 0.896. The van der Waals surface area contributed by atoms with Gasteiger partial charge in [0.05, 0.1) is 12.1 Å². The van der Waals surface area contributed by atoms with Crippen molar-refractivity contribution in [3.05, 3.63) is 50.4 Å². The zero-order valence-corrected chi connectivity index (χ0v) is 12.0. The Kier molecular flexibility index (Phi) is 4.28. The fraction of sp³-hybridized carbons (Fsp3) is 0.0833. The number of halogens is 1. The van der Waals surface area contributed by atoms with Gasteiger partial charge in [0, 0.05) is 20.9 Å². The summed E-state index contributed by atoms with van der Waals surface area (Å²) in [5.74, 6) is -1.67. The molecule has 0 bridgehead atoms. The van der Waals surface area contributed by atoms with Crippen LogP contribution in [0, 0.1) is 0 Å². The second-order valence-corrected chi connectivity index (χ2v) is 5.53. The van der Waals surface area contributed by atoms with Gasteiger partial charge in [-0.3, -0.25) is 9.78 Å². The van der Waals surface area contributed by atoms with E-state index in [1.807, 2.05) is 11.4 Å². The average molecular weight is 341 g/mol. The Morgan fingerprint density at radius 3 is 2.89 bits per heavy atom. The van der Waals surface area contributed by atoms with Gasteiger partial charge in [0.15, 0.2) is 0 Å². The largest absolute Gasteiger partial charge is 0.478 e. The number of nitrogens with one attached hydrogen (secondary N) is 1. The van der Waals surface area contributed by atoms with Crippen LogP contribution in [0.1, 0.15) is 25.7 Å². The fourth-order valence-electron chi connectivity index (χ4n) is 1.46. The highest BCUT2D eigenvalue weighted by molar-refractivity contribution is 9.10. The molecule has 5 nitrogen and oxygen atoms in total. The van der Waals surface area contributed by atoms with Gasteiger partial charge in [-0.2, -0.15) is 0 Å². The molecule has 0 aliphatic rings. The minimum Gasteiger partial charge on any atom is -0.478 e. The summed E-state index contributed by atoms with van der Waals surface area (Å²) in [5.41, 5.74) is -0.182. The fourth-order valence-corrected chi connectivity index (χ4v) is 2.85. The molecule has 0 aliphatic carbocycles. The van der Waals surface area contributed by atoms with Crippen molar-refractivity contribution in [2.45, 2.75) is 6.54 Å². The van der Waals surface area contributed by atoms with Crippen molar-refractivity contribution in [2.75, 3.05) is 0 Å². The Morgan fingerprint density at radius 1 is 1.47 bits per heavy atom. The first-order valence-corrected chi connectivity index (χ1v) is 6.94. The number of carbonyl (C=O) groups is 2. The number of pyridine rings is 1. The molecule has 2 heterocycles. The molecule has 2 aromatic heterocycles. The molecule has 0 saturated carbocycles. The summed E-state index contributed by atoms with van der Waals surface area (Å²) in [4.78, 5) is 27.7. The van der Waals surface area contributed by atoms with Gasteiger partial charge in [0.25, 0.3) is 5.91 Å². The third-order valence-corrected chi connectivity index (χ3v) is 4.00. The van der Waals surface area contributed by atoms with Crippen molar-refractivity contribution in [1.82, 2.24) is 10.3 Å². The molecule has 19 heavy (non-hydrogen) atoms. The first-order valence-electron chi connectivity index (χ1n) is 5.27. The Bertz CT molecular complexity index is 627. The van der Waals surface area contributed by atoms with Gasteiger partial charge in [0.2, 0.25) is 0 Å². The molecule has 0 spiro atoms. The molecule has 0 aliphatic heterocycles. The van der Waals surface area contributed by atoms with Crippen LogP contribution < -0.4 is 5.32 Å². The highest BCUT2D eigenvalue weighted by Crippen LogP contribution is 2.19. The lowest BCUT2D eigenvalue weighted by molar-refractivity contribution is 0.0690. The predicted molar refractivity (Wildman–Crippen MR) is 74.4 cm³/mol. The first-order chi connectivity index (χ1) is 9.08. The number of thiophene rings is 1. The number of aromatic nitrogens is 1. The number of hydrogen-bond donors (Lipinski definition) is 2. The zero-order chi connectivity index (χ0) is 13.8. The Hall–Kier alpha value is -1.73. The average Bonchev–Trinajstić information content (AvgIpc) is 2.81.